The molecule has 0 radical (unpaired) electrons. The lowest BCUT2D eigenvalue weighted by molar-refractivity contribution is 0.101. The predicted octanol–water partition coefficient (Wildman–Crippen LogP) is 5.94. The van der Waals surface area contributed by atoms with Crippen molar-refractivity contribution in [2.75, 3.05) is 19.5 Å². The van der Waals surface area contributed by atoms with Crippen LogP contribution in [0, 0.1) is 25.5 Å². The second-order valence-corrected chi connectivity index (χ2v) is 9.76. The zero-order valence-corrected chi connectivity index (χ0v) is 24.3. The maximum atomic E-state index is 15.2. The third kappa shape index (κ3) is 5.56. The highest BCUT2D eigenvalue weighted by molar-refractivity contribution is 6.06. The summed E-state index contributed by atoms with van der Waals surface area (Å²) >= 11 is 0. The van der Waals surface area contributed by atoms with Crippen LogP contribution in [-0.2, 0) is 0 Å². The molecule has 5 aromatic rings. The van der Waals surface area contributed by atoms with Crippen molar-refractivity contribution in [1.82, 2.24) is 14.5 Å². The molecule has 0 saturated carbocycles. The molecule has 0 saturated heterocycles. The third-order valence-electron chi connectivity index (χ3n) is 6.90. The van der Waals surface area contributed by atoms with Crippen LogP contribution < -0.4 is 25.1 Å². The van der Waals surface area contributed by atoms with Crippen molar-refractivity contribution in [3.63, 3.8) is 0 Å². The van der Waals surface area contributed by atoms with Gasteiger partial charge in [-0.1, -0.05) is 0 Å². The molecular formula is C32H26F2N4O6. The molecule has 224 valence electrons. The number of aromatic nitrogens is 3. The summed E-state index contributed by atoms with van der Waals surface area (Å²) in [6.45, 7) is 4.47. The number of hydrogen-bond donors (Lipinski definition) is 1. The fraction of sp³-hybridized carbons (Fsp3) is 0.156. The summed E-state index contributed by atoms with van der Waals surface area (Å²) in [4.78, 5) is 47.9. The Morgan fingerprint density at radius 3 is 2.32 bits per heavy atom. The van der Waals surface area contributed by atoms with Crippen LogP contribution in [-0.4, -0.2) is 40.4 Å². The molecule has 0 aliphatic heterocycles. The van der Waals surface area contributed by atoms with Crippen LogP contribution in [0.3, 0.4) is 0 Å². The van der Waals surface area contributed by atoms with E-state index in [9.17, 15) is 18.8 Å². The van der Waals surface area contributed by atoms with E-state index in [0.29, 0.717) is 28.0 Å². The molecule has 1 amide bonds. The van der Waals surface area contributed by atoms with Crippen LogP contribution in [0.4, 0.5) is 14.5 Å². The molecular weight excluding hydrogens is 574 g/mol. The molecule has 0 atom stereocenters. The van der Waals surface area contributed by atoms with Gasteiger partial charge in [0.1, 0.15) is 16.9 Å². The van der Waals surface area contributed by atoms with Gasteiger partial charge in [-0.25, -0.2) is 13.8 Å². The van der Waals surface area contributed by atoms with Gasteiger partial charge in [0.05, 0.1) is 25.4 Å². The lowest BCUT2D eigenvalue weighted by atomic mass is 10.0. The maximum Gasteiger partial charge on any atom is 0.268 e. The van der Waals surface area contributed by atoms with Gasteiger partial charge in [-0.3, -0.25) is 23.9 Å². The number of carbonyl (C=O) groups excluding carboxylic acids is 2. The number of ketones is 1. The van der Waals surface area contributed by atoms with E-state index in [1.807, 2.05) is 0 Å². The number of pyridine rings is 3. The number of rotatable bonds is 8. The first kappa shape index (κ1) is 29.8. The average Bonchev–Trinajstić information content (AvgIpc) is 2.98. The Bertz CT molecular complexity index is 2030. The Labute approximate surface area is 249 Å². The van der Waals surface area contributed by atoms with Gasteiger partial charge in [-0.05, 0) is 62.7 Å². The number of amides is 1. The Balaban J connectivity index is 1.47. The number of nitrogens with one attached hydrogen (secondary N) is 1. The van der Waals surface area contributed by atoms with E-state index in [4.69, 9.17) is 14.2 Å². The molecule has 0 spiro atoms. The summed E-state index contributed by atoms with van der Waals surface area (Å²) in [5.74, 6) is -2.00. The van der Waals surface area contributed by atoms with Crippen LogP contribution in [0.1, 0.15) is 38.9 Å². The molecule has 0 aliphatic rings. The Morgan fingerprint density at radius 1 is 0.886 bits per heavy atom. The summed E-state index contributed by atoms with van der Waals surface area (Å²) in [6, 6.07) is 11.8. The number of Topliss-reactive ketones (excluding diaryl/α,β-unsaturated/α-hetero) is 1. The predicted molar refractivity (Wildman–Crippen MR) is 159 cm³/mol. The molecule has 3 heterocycles. The van der Waals surface area contributed by atoms with Gasteiger partial charge in [0, 0.05) is 41.3 Å². The van der Waals surface area contributed by atoms with Crippen LogP contribution in [0.15, 0.2) is 65.6 Å². The molecule has 0 fully saturated rings. The van der Waals surface area contributed by atoms with E-state index in [0.717, 1.165) is 6.07 Å². The van der Waals surface area contributed by atoms with Gasteiger partial charge in [-0.15, -0.1) is 0 Å². The fourth-order valence-corrected chi connectivity index (χ4v) is 4.75. The number of halogens is 2. The van der Waals surface area contributed by atoms with Gasteiger partial charge < -0.3 is 19.5 Å². The smallest absolute Gasteiger partial charge is 0.268 e. The fourth-order valence-electron chi connectivity index (χ4n) is 4.75. The van der Waals surface area contributed by atoms with Gasteiger partial charge in [-0.2, -0.15) is 0 Å². The van der Waals surface area contributed by atoms with Crippen molar-refractivity contribution in [1.29, 1.82) is 0 Å². The molecule has 2 aromatic carbocycles. The maximum absolute atomic E-state index is 15.2. The van der Waals surface area contributed by atoms with E-state index in [1.54, 1.807) is 19.9 Å². The summed E-state index contributed by atoms with van der Waals surface area (Å²) in [7, 11) is 2.89. The quantitative estimate of drug-likeness (QED) is 0.217. The van der Waals surface area contributed by atoms with Crippen molar-refractivity contribution in [2.45, 2.75) is 20.8 Å². The van der Waals surface area contributed by atoms with E-state index in [1.165, 1.54) is 74.4 Å². The summed E-state index contributed by atoms with van der Waals surface area (Å²) in [5, 5.41) is 2.50. The zero-order chi connectivity index (χ0) is 31.7. The van der Waals surface area contributed by atoms with Crippen molar-refractivity contribution >= 4 is 28.4 Å². The minimum absolute atomic E-state index is 0.0258. The Kier molecular flexibility index (Phi) is 8.08. The number of aryl methyl sites for hydroxylation is 1. The molecule has 0 aliphatic carbocycles. The monoisotopic (exact) mass is 600 g/mol. The van der Waals surface area contributed by atoms with E-state index >= 15 is 4.39 Å². The summed E-state index contributed by atoms with van der Waals surface area (Å²) < 4.78 is 46.5. The lowest BCUT2D eigenvalue weighted by Gasteiger charge is -2.17. The van der Waals surface area contributed by atoms with Crippen LogP contribution in [0.25, 0.3) is 16.7 Å². The molecule has 10 nitrogen and oxygen atoms in total. The lowest BCUT2D eigenvalue weighted by Crippen LogP contribution is -2.31. The molecule has 12 heteroatoms. The van der Waals surface area contributed by atoms with Crippen molar-refractivity contribution < 1.29 is 32.6 Å². The van der Waals surface area contributed by atoms with Gasteiger partial charge >= 0.3 is 0 Å². The second kappa shape index (κ2) is 11.9. The highest BCUT2D eigenvalue weighted by Gasteiger charge is 2.22. The largest absolute Gasteiger partial charge is 0.491 e. The number of anilines is 1. The average molecular weight is 601 g/mol. The standard InChI is InChI=1S/C32H26F2N4O6/c1-16-12-19(33)6-8-25(16)38-17(2)21(18(3)39)14-22(32(38)41)30(40)36-20-7-9-26(23(34)13-20)44-27-10-11-35-24-15-28(42-4)31(43-5)37-29(24)27/h6-15H,1-5H3,(H,36,40). The van der Waals surface area contributed by atoms with Crippen molar-refractivity contribution in [2.24, 2.45) is 0 Å². The molecule has 0 bridgehead atoms. The first-order valence-electron chi connectivity index (χ1n) is 13.2. The molecule has 0 unspecified atom stereocenters. The summed E-state index contributed by atoms with van der Waals surface area (Å²) in [6.07, 6.45) is 1.47. The van der Waals surface area contributed by atoms with Crippen molar-refractivity contribution in [3.05, 3.63) is 105 Å². The molecule has 44 heavy (non-hydrogen) atoms. The number of hydrogen-bond acceptors (Lipinski definition) is 8. The summed E-state index contributed by atoms with van der Waals surface area (Å²) in [5.41, 5.74) is 0.814. The SMILES string of the molecule is COc1cc2nccc(Oc3ccc(NC(=O)c4cc(C(C)=O)c(C)n(-c5ccc(F)cc5C)c4=O)cc3F)c2nc1OC. The number of benzene rings is 2. The van der Waals surface area contributed by atoms with E-state index in [-0.39, 0.29) is 45.7 Å². The number of carbonyl (C=O) groups is 2. The number of methoxy groups -OCH3 is 2. The third-order valence-corrected chi connectivity index (χ3v) is 6.90. The zero-order valence-electron chi connectivity index (χ0n) is 24.3. The van der Waals surface area contributed by atoms with Gasteiger partial charge in [0.25, 0.3) is 17.3 Å². The highest BCUT2D eigenvalue weighted by Crippen LogP contribution is 2.35. The van der Waals surface area contributed by atoms with E-state index < -0.39 is 23.1 Å². The minimum Gasteiger partial charge on any atom is -0.491 e. The van der Waals surface area contributed by atoms with Crippen molar-refractivity contribution in [3.8, 4) is 28.8 Å². The molecule has 1 N–H and O–H groups in total. The molecule has 5 rings (SSSR count). The topological polar surface area (TPSA) is 122 Å². The number of nitrogens with zero attached hydrogens (tertiary/aromatic N) is 3. The first-order chi connectivity index (χ1) is 21.0. The minimum atomic E-state index is -0.871. The molecule has 3 aromatic heterocycles. The second-order valence-electron chi connectivity index (χ2n) is 9.76. The van der Waals surface area contributed by atoms with Crippen LogP contribution in [0.5, 0.6) is 23.1 Å². The van der Waals surface area contributed by atoms with Gasteiger partial charge in [0.2, 0.25) is 0 Å². The van der Waals surface area contributed by atoms with Gasteiger partial charge in [0.15, 0.2) is 28.8 Å². The Morgan fingerprint density at radius 2 is 1.66 bits per heavy atom. The highest BCUT2D eigenvalue weighted by atomic mass is 19.1. The number of fused-ring (bicyclic) bond motifs is 1. The van der Waals surface area contributed by atoms with Crippen LogP contribution in [0.2, 0.25) is 0 Å². The number of ether oxygens (including phenoxy) is 3. The first-order valence-corrected chi connectivity index (χ1v) is 13.2. The normalized spacial score (nSPS) is 10.9. The van der Waals surface area contributed by atoms with Crippen LogP contribution >= 0.6 is 0 Å². The Hall–Kier alpha value is -5.65. The van der Waals surface area contributed by atoms with E-state index in [2.05, 4.69) is 15.3 Å².